The van der Waals surface area contributed by atoms with Crippen molar-refractivity contribution in [1.82, 2.24) is 0 Å². The van der Waals surface area contributed by atoms with Gasteiger partial charge in [-0.25, -0.2) is 0 Å². The Balaban J connectivity index is 2.90. The van der Waals surface area contributed by atoms with Crippen molar-refractivity contribution in [3.63, 3.8) is 0 Å². The van der Waals surface area contributed by atoms with Crippen LogP contribution in [0.3, 0.4) is 0 Å². The van der Waals surface area contributed by atoms with E-state index < -0.39 is 0 Å². The Labute approximate surface area is 75.6 Å². The van der Waals surface area contributed by atoms with Crippen molar-refractivity contribution in [2.24, 2.45) is 0 Å². The predicted octanol–water partition coefficient (Wildman–Crippen LogP) is 4.03. The van der Waals surface area contributed by atoms with E-state index in [-0.39, 0.29) is 0 Å². The van der Waals surface area contributed by atoms with Crippen LogP contribution in [-0.2, 0) is 0 Å². The predicted molar refractivity (Wildman–Crippen MR) is 52.1 cm³/mol. The molecular weight excluding hydrogens is 228 g/mol. The van der Waals surface area contributed by atoms with E-state index in [0.29, 0.717) is 0 Å². The number of aryl methyl sites for hydroxylation is 1. The average molecular weight is 233 g/mol. The van der Waals surface area contributed by atoms with Crippen LogP contribution in [0.5, 0.6) is 0 Å². The van der Waals surface area contributed by atoms with E-state index in [1.165, 1.54) is 18.7 Å². The fourth-order valence-electron chi connectivity index (χ4n) is 0.944. The number of hydrogen-bond donors (Lipinski definition) is 0. The second-order valence-electron chi connectivity index (χ2n) is 2.15. The lowest BCUT2D eigenvalue weighted by Gasteiger charge is -1.75. The van der Waals surface area contributed by atoms with Crippen LogP contribution < -0.4 is 0 Å². The SMILES string of the molecule is Cc1cc2csc(Br)c2s1. The molecule has 0 amide bonds. The van der Waals surface area contributed by atoms with Crippen LogP contribution in [-0.4, -0.2) is 0 Å². The van der Waals surface area contributed by atoms with Gasteiger partial charge in [-0.15, -0.1) is 22.7 Å². The van der Waals surface area contributed by atoms with Gasteiger partial charge in [-0.3, -0.25) is 0 Å². The van der Waals surface area contributed by atoms with Crippen molar-refractivity contribution in [3.05, 3.63) is 20.1 Å². The van der Waals surface area contributed by atoms with Gasteiger partial charge in [0.15, 0.2) is 0 Å². The van der Waals surface area contributed by atoms with Crippen molar-refractivity contribution in [3.8, 4) is 0 Å². The molecule has 2 aromatic heterocycles. The van der Waals surface area contributed by atoms with Gasteiger partial charge in [0.1, 0.15) is 0 Å². The van der Waals surface area contributed by atoms with Gasteiger partial charge < -0.3 is 0 Å². The monoisotopic (exact) mass is 232 g/mol. The van der Waals surface area contributed by atoms with Crippen molar-refractivity contribution in [1.29, 1.82) is 0 Å². The number of hydrogen-bond acceptors (Lipinski definition) is 2. The van der Waals surface area contributed by atoms with Gasteiger partial charge in [-0.2, -0.15) is 0 Å². The molecule has 0 spiro atoms. The summed E-state index contributed by atoms with van der Waals surface area (Å²) in [7, 11) is 0. The van der Waals surface area contributed by atoms with Crippen molar-refractivity contribution in [2.45, 2.75) is 6.92 Å². The summed E-state index contributed by atoms with van der Waals surface area (Å²) in [5.74, 6) is 0. The zero-order chi connectivity index (χ0) is 7.14. The molecule has 10 heavy (non-hydrogen) atoms. The first-order valence-electron chi connectivity index (χ1n) is 2.90. The first-order chi connectivity index (χ1) is 4.77. The smallest absolute Gasteiger partial charge is 0.0876 e. The van der Waals surface area contributed by atoms with Gasteiger partial charge in [-0.1, -0.05) is 0 Å². The molecule has 2 aromatic rings. The summed E-state index contributed by atoms with van der Waals surface area (Å²) in [6.07, 6.45) is 0. The third-order valence-electron chi connectivity index (χ3n) is 1.35. The topological polar surface area (TPSA) is 0 Å². The molecule has 0 bridgehead atoms. The van der Waals surface area contributed by atoms with Gasteiger partial charge in [0.2, 0.25) is 0 Å². The number of rotatable bonds is 0. The maximum atomic E-state index is 3.51. The average Bonchev–Trinajstić information content (AvgIpc) is 2.35. The lowest BCUT2D eigenvalue weighted by Crippen LogP contribution is -1.46. The first kappa shape index (κ1) is 6.83. The van der Waals surface area contributed by atoms with Crippen LogP contribution in [0, 0.1) is 6.92 Å². The Hall–Kier alpha value is 0.140. The molecule has 3 heteroatoms. The normalized spacial score (nSPS) is 11.0. The lowest BCUT2D eigenvalue weighted by atomic mass is 10.4. The van der Waals surface area contributed by atoms with E-state index >= 15 is 0 Å². The molecule has 0 aliphatic heterocycles. The molecule has 0 N–H and O–H groups in total. The Morgan fingerprint density at radius 2 is 2.30 bits per heavy atom. The number of fused-ring (bicyclic) bond motifs is 1. The molecule has 0 nitrogen and oxygen atoms in total. The minimum absolute atomic E-state index is 1.26. The van der Waals surface area contributed by atoms with Crippen LogP contribution in [0.4, 0.5) is 0 Å². The van der Waals surface area contributed by atoms with Gasteiger partial charge in [0.25, 0.3) is 0 Å². The molecule has 2 rings (SSSR count). The highest BCUT2D eigenvalue weighted by Gasteiger charge is 2.03. The Morgan fingerprint density at radius 3 is 3.00 bits per heavy atom. The van der Waals surface area contributed by atoms with E-state index in [2.05, 4.69) is 34.3 Å². The van der Waals surface area contributed by atoms with Crippen molar-refractivity contribution < 1.29 is 0 Å². The summed E-state index contributed by atoms with van der Waals surface area (Å²) in [5.41, 5.74) is 0. The molecule has 0 unspecified atom stereocenters. The first-order valence-corrected chi connectivity index (χ1v) is 5.39. The molecule has 0 aromatic carbocycles. The highest BCUT2D eigenvalue weighted by atomic mass is 79.9. The van der Waals surface area contributed by atoms with Crippen LogP contribution in [0.15, 0.2) is 15.2 Å². The Morgan fingerprint density at radius 1 is 1.50 bits per heavy atom. The standard InChI is InChI=1S/C7H5BrS2/c1-4-2-5-3-9-7(8)6(5)10-4/h2-3H,1H3. The minimum Gasteiger partial charge on any atom is -0.139 e. The maximum Gasteiger partial charge on any atom is 0.0876 e. The highest BCUT2D eigenvalue weighted by Crippen LogP contribution is 2.36. The second-order valence-corrected chi connectivity index (χ2v) is 5.60. The van der Waals surface area contributed by atoms with E-state index in [4.69, 9.17) is 0 Å². The Kier molecular flexibility index (Phi) is 1.59. The lowest BCUT2D eigenvalue weighted by molar-refractivity contribution is 1.66. The minimum atomic E-state index is 1.26. The van der Waals surface area contributed by atoms with E-state index in [0.717, 1.165) is 0 Å². The zero-order valence-electron chi connectivity index (χ0n) is 5.35. The van der Waals surface area contributed by atoms with Crippen molar-refractivity contribution in [2.75, 3.05) is 0 Å². The van der Waals surface area contributed by atoms with E-state index in [1.54, 1.807) is 11.3 Å². The molecule has 0 radical (unpaired) electrons. The summed E-state index contributed by atoms with van der Waals surface area (Å²) in [6.45, 7) is 2.14. The molecule has 0 atom stereocenters. The third kappa shape index (κ3) is 0.929. The molecular formula is C7H5BrS2. The van der Waals surface area contributed by atoms with Gasteiger partial charge in [0.05, 0.1) is 8.49 Å². The fourth-order valence-corrected chi connectivity index (χ4v) is 3.50. The summed E-state index contributed by atoms with van der Waals surface area (Å²) < 4.78 is 2.66. The summed E-state index contributed by atoms with van der Waals surface area (Å²) in [5, 5.41) is 3.56. The Bertz CT molecular complexity index is 358. The molecule has 0 saturated carbocycles. The van der Waals surface area contributed by atoms with E-state index in [1.807, 2.05) is 11.3 Å². The summed E-state index contributed by atoms with van der Waals surface area (Å²) >= 11 is 7.12. The molecule has 0 fully saturated rings. The zero-order valence-corrected chi connectivity index (χ0v) is 8.57. The van der Waals surface area contributed by atoms with Crippen LogP contribution in [0.2, 0.25) is 0 Å². The summed E-state index contributed by atoms with van der Waals surface area (Å²) in [4.78, 5) is 1.39. The summed E-state index contributed by atoms with van der Waals surface area (Å²) in [6, 6.07) is 2.22. The second kappa shape index (κ2) is 2.32. The fraction of sp³-hybridized carbons (Fsp3) is 0.143. The number of thiophene rings is 2. The van der Waals surface area contributed by atoms with Gasteiger partial charge in [0, 0.05) is 15.6 Å². The van der Waals surface area contributed by atoms with Crippen LogP contribution >= 0.6 is 38.6 Å². The molecule has 2 heterocycles. The molecule has 0 aliphatic carbocycles. The molecule has 52 valence electrons. The van der Waals surface area contributed by atoms with E-state index in [9.17, 15) is 0 Å². The van der Waals surface area contributed by atoms with Crippen LogP contribution in [0.1, 0.15) is 4.88 Å². The maximum absolute atomic E-state index is 3.51. The quantitative estimate of drug-likeness (QED) is 0.644. The molecule has 0 aliphatic rings. The largest absolute Gasteiger partial charge is 0.139 e. The third-order valence-corrected chi connectivity index (χ3v) is 4.57. The molecule has 0 saturated heterocycles. The van der Waals surface area contributed by atoms with Gasteiger partial charge >= 0.3 is 0 Å². The highest BCUT2D eigenvalue weighted by molar-refractivity contribution is 9.11. The number of halogens is 1. The van der Waals surface area contributed by atoms with Crippen molar-refractivity contribution >= 4 is 48.7 Å². The van der Waals surface area contributed by atoms with Crippen LogP contribution in [0.25, 0.3) is 10.1 Å². The van der Waals surface area contributed by atoms with Gasteiger partial charge in [-0.05, 0) is 28.9 Å².